The number of benzene rings is 1. The third-order valence-electron chi connectivity index (χ3n) is 4.38. The molecule has 4 nitrogen and oxygen atoms in total. The molecule has 5 rings (SSSR count). The lowest BCUT2D eigenvalue weighted by Gasteiger charge is -2.45. The van der Waals surface area contributed by atoms with Crippen LogP contribution in [0.4, 0.5) is 5.69 Å². The van der Waals surface area contributed by atoms with Crippen molar-refractivity contribution in [2.24, 2.45) is 5.92 Å². The highest BCUT2D eigenvalue weighted by molar-refractivity contribution is 5.56. The van der Waals surface area contributed by atoms with Crippen LogP contribution in [0.5, 0.6) is 11.5 Å². The Bertz CT molecular complexity index is 455. The molecule has 96 valence electrons. The van der Waals surface area contributed by atoms with E-state index in [2.05, 4.69) is 22.3 Å². The largest absolute Gasteiger partial charge is 0.454 e. The molecule has 1 N–H and O–H groups in total. The summed E-state index contributed by atoms with van der Waals surface area (Å²) in [5, 5.41) is 3.66. The highest BCUT2D eigenvalue weighted by atomic mass is 16.7. The lowest BCUT2D eigenvalue weighted by Crippen LogP contribution is -2.53. The molecule has 1 unspecified atom stereocenters. The van der Waals surface area contributed by atoms with Crippen molar-refractivity contribution in [1.82, 2.24) is 4.90 Å². The molecule has 0 saturated carbocycles. The van der Waals surface area contributed by atoms with E-state index in [4.69, 9.17) is 9.47 Å². The highest BCUT2D eigenvalue weighted by Crippen LogP contribution is 2.36. The Morgan fingerprint density at radius 2 is 1.94 bits per heavy atom. The number of ether oxygens (including phenoxy) is 2. The summed E-state index contributed by atoms with van der Waals surface area (Å²) >= 11 is 0. The number of fused-ring (bicyclic) bond motifs is 4. The van der Waals surface area contributed by atoms with Crippen LogP contribution < -0.4 is 14.8 Å². The SMILES string of the molecule is c1cc2c(cc1NC1CN3CCC1CC3)OCO2. The molecule has 3 saturated heterocycles. The molecule has 0 spiro atoms. The Labute approximate surface area is 107 Å². The van der Waals surface area contributed by atoms with Crippen LogP contribution in [0, 0.1) is 5.92 Å². The van der Waals surface area contributed by atoms with Crippen LogP contribution in [0.1, 0.15) is 12.8 Å². The minimum Gasteiger partial charge on any atom is -0.454 e. The first-order valence-corrected chi connectivity index (χ1v) is 6.77. The average molecular weight is 246 g/mol. The molecule has 0 aromatic heterocycles. The molecule has 1 aromatic carbocycles. The Hall–Kier alpha value is -1.42. The van der Waals surface area contributed by atoms with E-state index in [1.165, 1.54) is 32.5 Å². The first kappa shape index (κ1) is 10.5. The van der Waals surface area contributed by atoms with Crippen molar-refractivity contribution >= 4 is 5.69 Å². The predicted molar refractivity (Wildman–Crippen MR) is 69.1 cm³/mol. The van der Waals surface area contributed by atoms with Crippen LogP contribution in [0.25, 0.3) is 0 Å². The van der Waals surface area contributed by atoms with E-state index in [9.17, 15) is 0 Å². The Morgan fingerprint density at radius 3 is 2.72 bits per heavy atom. The maximum atomic E-state index is 5.42. The lowest BCUT2D eigenvalue weighted by molar-refractivity contribution is 0.0975. The number of hydrogen-bond donors (Lipinski definition) is 1. The lowest BCUT2D eigenvalue weighted by atomic mass is 9.84. The van der Waals surface area contributed by atoms with E-state index < -0.39 is 0 Å². The zero-order valence-corrected chi connectivity index (χ0v) is 10.4. The number of hydrogen-bond acceptors (Lipinski definition) is 4. The minimum atomic E-state index is 0.346. The quantitative estimate of drug-likeness (QED) is 0.864. The summed E-state index contributed by atoms with van der Waals surface area (Å²) in [5.41, 5.74) is 1.15. The molecule has 2 bridgehead atoms. The van der Waals surface area contributed by atoms with E-state index in [0.717, 1.165) is 23.1 Å². The van der Waals surface area contributed by atoms with Gasteiger partial charge in [0, 0.05) is 24.3 Å². The van der Waals surface area contributed by atoms with E-state index >= 15 is 0 Å². The van der Waals surface area contributed by atoms with Gasteiger partial charge in [-0.15, -0.1) is 0 Å². The first-order valence-electron chi connectivity index (χ1n) is 6.77. The topological polar surface area (TPSA) is 33.7 Å². The summed E-state index contributed by atoms with van der Waals surface area (Å²) in [6.45, 7) is 4.09. The molecular formula is C14H18N2O2. The summed E-state index contributed by atoms with van der Waals surface area (Å²) in [5.74, 6) is 2.55. The summed E-state index contributed by atoms with van der Waals surface area (Å²) in [4.78, 5) is 2.56. The van der Waals surface area contributed by atoms with Crippen molar-refractivity contribution in [2.45, 2.75) is 18.9 Å². The number of piperidine rings is 3. The van der Waals surface area contributed by atoms with Crippen LogP contribution in [0.3, 0.4) is 0 Å². The molecule has 4 heterocycles. The van der Waals surface area contributed by atoms with E-state index in [0.29, 0.717) is 12.8 Å². The number of nitrogens with one attached hydrogen (secondary N) is 1. The second-order valence-electron chi connectivity index (χ2n) is 5.46. The van der Waals surface area contributed by atoms with Gasteiger partial charge >= 0.3 is 0 Å². The van der Waals surface area contributed by atoms with E-state index in [-0.39, 0.29) is 0 Å². The van der Waals surface area contributed by atoms with Crippen LogP contribution in [0.2, 0.25) is 0 Å². The van der Waals surface area contributed by atoms with Gasteiger partial charge in [0.25, 0.3) is 0 Å². The fraction of sp³-hybridized carbons (Fsp3) is 0.571. The van der Waals surface area contributed by atoms with Gasteiger partial charge in [0.05, 0.1) is 0 Å². The van der Waals surface area contributed by atoms with Crippen LogP contribution in [-0.4, -0.2) is 37.4 Å². The van der Waals surface area contributed by atoms with E-state index in [1.54, 1.807) is 0 Å². The summed E-state index contributed by atoms with van der Waals surface area (Å²) < 4.78 is 10.8. The van der Waals surface area contributed by atoms with Crippen molar-refractivity contribution in [3.05, 3.63) is 18.2 Å². The smallest absolute Gasteiger partial charge is 0.231 e. The molecule has 18 heavy (non-hydrogen) atoms. The van der Waals surface area contributed by atoms with Crippen LogP contribution in [-0.2, 0) is 0 Å². The Balaban J connectivity index is 1.51. The maximum Gasteiger partial charge on any atom is 0.231 e. The molecule has 0 radical (unpaired) electrons. The van der Waals surface area contributed by atoms with Crippen molar-refractivity contribution in [3.63, 3.8) is 0 Å². The van der Waals surface area contributed by atoms with Crippen molar-refractivity contribution in [1.29, 1.82) is 0 Å². The minimum absolute atomic E-state index is 0.346. The molecule has 4 aliphatic rings. The van der Waals surface area contributed by atoms with Gasteiger partial charge in [-0.05, 0) is 44.0 Å². The fourth-order valence-corrected chi connectivity index (χ4v) is 3.33. The van der Waals surface area contributed by atoms with E-state index in [1.807, 2.05) is 6.07 Å². The Morgan fingerprint density at radius 1 is 1.11 bits per heavy atom. The third kappa shape index (κ3) is 1.72. The molecule has 0 aliphatic carbocycles. The predicted octanol–water partition coefficient (Wildman–Crippen LogP) is 1.92. The zero-order valence-electron chi connectivity index (χ0n) is 10.4. The van der Waals surface area contributed by atoms with Crippen molar-refractivity contribution in [3.8, 4) is 11.5 Å². The molecule has 4 heteroatoms. The first-order chi connectivity index (χ1) is 8.88. The molecular weight excluding hydrogens is 228 g/mol. The zero-order chi connectivity index (χ0) is 11.9. The standard InChI is InChI=1S/C14H18N2O2/c1-2-13-14(18-9-17-13)7-11(1)15-12-8-16-5-3-10(12)4-6-16/h1-2,7,10,12,15H,3-6,8-9H2. The normalized spacial score (nSPS) is 32.6. The molecule has 3 fully saturated rings. The van der Waals surface area contributed by atoms with Gasteiger partial charge in [-0.1, -0.05) is 0 Å². The molecule has 1 aromatic rings. The van der Waals surface area contributed by atoms with Gasteiger partial charge in [0.1, 0.15) is 0 Å². The van der Waals surface area contributed by atoms with Crippen molar-refractivity contribution in [2.75, 3.05) is 31.7 Å². The molecule has 1 atom stereocenters. The summed E-state index contributed by atoms with van der Waals surface area (Å²) in [6, 6.07) is 6.73. The summed E-state index contributed by atoms with van der Waals surface area (Å²) in [6.07, 6.45) is 2.67. The average Bonchev–Trinajstić information content (AvgIpc) is 2.87. The van der Waals surface area contributed by atoms with Gasteiger partial charge in [-0.2, -0.15) is 0 Å². The van der Waals surface area contributed by atoms with Gasteiger partial charge in [0.2, 0.25) is 6.79 Å². The molecule has 4 aliphatic heterocycles. The number of nitrogens with zero attached hydrogens (tertiary/aromatic N) is 1. The van der Waals surface area contributed by atoms with Crippen molar-refractivity contribution < 1.29 is 9.47 Å². The highest BCUT2D eigenvalue weighted by Gasteiger charge is 2.34. The number of anilines is 1. The maximum absolute atomic E-state index is 5.42. The van der Waals surface area contributed by atoms with Crippen LogP contribution in [0.15, 0.2) is 18.2 Å². The molecule has 0 amide bonds. The van der Waals surface area contributed by atoms with Gasteiger partial charge in [-0.3, -0.25) is 0 Å². The second-order valence-corrected chi connectivity index (χ2v) is 5.46. The van der Waals surface area contributed by atoms with Gasteiger partial charge in [0.15, 0.2) is 11.5 Å². The fourth-order valence-electron chi connectivity index (χ4n) is 3.33. The summed E-state index contributed by atoms with van der Waals surface area (Å²) in [7, 11) is 0. The Kier molecular flexibility index (Phi) is 2.36. The van der Waals surface area contributed by atoms with Gasteiger partial charge in [-0.25, -0.2) is 0 Å². The van der Waals surface area contributed by atoms with Crippen LogP contribution >= 0.6 is 0 Å². The van der Waals surface area contributed by atoms with Gasteiger partial charge < -0.3 is 19.7 Å². The number of rotatable bonds is 2. The third-order valence-corrected chi connectivity index (χ3v) is 4.38. The monoisotopic (exact) mass is 246 g/mol. The second kappa shape index (κ2) is 4.05.